The standard InChI is InChI=1S/C17H15ClN2O3S/c1-10-3-8-13(22-2)15-16(10)24-17(20-15)19-14(21)9-23-12-6-4-11(18)5-7-12/h3-8H,9H2,1-2H3,(H,19,20,21). The number of carbonyl (C=O) groups excluding carboxylic acids is 1. The number of nitrogens with zero attached hydrogens (tertiary/aromatic N) is 1. The highest BCUT2D eigenvalue weighted by molar-refractivity contribution is 7.22. The molecule has 5 nitrogen and oxygen atoms in total. The molecule has 0 aliphatic rings. The van der Waals surface area contributed by atoms with Crippen LogP contribution in [0.2, 0.25) is 5.02 Å². The van der Waals surface area contributed by atoms with Gasteiger partial charge in [0, 0.05) is 5.02 Å². The second-order valence-electron chi connectivity index (χ2n) is 5.07. The fourth-order valence-corrected chi connectivity index (χ4v) is 3.26. The minimum absolute atomic E-state index is 0.103. The van der Waals surface area contributed by atoms with Crippen LogP contribution in [0.1, 0.15) is 5.56 Å². The fraction of sp³-hybridized carbons (Fsp3) is 0.176. The molecule has 7 heteroatoms. The van der Waals surface area contributed by atoms with E-state index in [2.05, 4.69) is 10.3 Å². The minimum Gasteiger partial charge on any atom is -0.494 e. The molecule has 0 aliphatic carbocycles. The third-order valence-corrected chi connectivity index (χ3v) is 4.71. The first kappa shape index (κ1) is 16.5. The van der Waals surface area contributed by atoms with Gasteiger partial charge in [-0.1, -0.05) is 29.0 Å². The van der Waals surface area contributed by atoms with Crippen LogP contribution in [-0.2, 0) is 4.79 Å². The van der Waals surface area contributed by atoms with Crippen molar-refractivity contribution in [1.82, 2.24) is 4.98 Å². The molecular weight excluding hydrogens is 348 g/mol. The predicted octanol–water partition coefficient (Wildman–Crippen LogP) is 4.28. The molecule has 0 aliphatic heterocycles. The first-order valence-corrected chi connectivity index (χ1v) is 8.38. The molecule has 0 atom stereocenters. The smallest absolute Gasteiger partial charge is 0.264 e. The molecule has 0 saturated carbocycles. The molecule has 1 amide bonds. The maximum atomic E-state index is 12.0. The number of aryl methyl sites for hydroxylation is 1. The summed E-state index contributed by atoms with van der Waals surface area (Å²) in [6.07, 6.45) is 0. The molecule has 1 heterocycles. The summed E-state index contributed by atoms with van der Waals surface area (Å²) in [6, 6.07) is 10.7. The number of thiazole rings is 1. The number of benzene rings is 2. The van der Waals surface area contributed by atoms with Crippen LogP contribution in [0.3, 0.4) is 0 Å². The van der Waals surface area contributed by atoms with Gasteiger partial charge in [0.1, 0.15) is 17.0 Å². The first-order valence-electron chi connectivity index (χ1n) is 7.19. The van der Waals surface area contributed by atoms with Crippen LogP contribution in [0.15, 0.2) is 36.4 Å². The quantitative estimate of drug-likeness (QED) is 0.735. The Morgan fingerprint density at radius 3 is 2.71 bits per heavy atom. The number of nitrogens with one attached hydrogen (secondary N) is 1. The summed E-state index contributed by atoms with van der Waals surface area (Å²) in [5.41, 5.74) is 1.83. The Bertz CT molecular complexity index is 877. The first-order chi connectivity index (χ1) is 11.6. The number of halogens is 1. The Kier molecular flexibility index (Phi) is 4.87. The van der Waals surface area contributed by atoms with E-state index in [-0.39, 0.29) is 12.5 Å². The molecule has 1 aromatic heterocycles. The van der Waals surface area contributed by atoms with Gasteiger partial charge in [0.2, 0.25) is 0 Å². The molecule has 24 heavy (non-hydrogen) atoms. The summed E-state index contributed by atoms with van der Waals surface area (Å²) >= 11 is 7.22. The van der Waals surface area contributed by atoms with Gasteiger partial charge in [0.15, 0.2) is 11.7 Å². The van der Waals surface area contributed by atoms with Gasteiger partial charge in [-0.2, -0.15) is 0 Å². The van der Waals surface area contributed by atoms with Gasteiger partial charge in [-0.15, -0.1) is 0 Å². The molecular formula is C17H15ClN2O3S. The van der Waals surface area contributed by atoms with Crippen LogP contribution in [0.25, 0.3) is 10.2 Å². The van der Waals surface area contributed by atoms with E-state index in [0.29, 0.717) is 21.7 Å². The predicted molar refractivity (Wildman–Crippen MR) is 96.5 cm³/mol. The molecule has 2 aromatic carbocycles. The van der Waals surface area contributed by atoms with Crippen LogP contribution < -0.4 is 14.8 Å². The number of hydrogen-bond acceptors (Lipinski definition) is 5. The summed E-state index contributed by atoms with van der Waals surface area (Å²) in [5, 5.41) is 3.89. The average molecular weight is 363 g/mol. The van der Waals surface area contributed by atoms with Crippen molar-refractivity contribution >= 4 is 44.2 Å². The molecule has 0 spiro atoms. The van der Waals surface area contributed by atoms with E-state index in [1.165, 1.54) is 11.3 Å². The second kappa shape index (κ2) is 7.07. The maximum Gasteiger partial charge on any atom is 0.264 e. The van der Waals surface area contributed by atoms with Gasteiger partial charge in [0.25, 0.3) is 5.91 Å². The maximum absolute atomic E-state index is 12.0. The van der Waals surface area contributed by atoms with E-state index < -0.39 is 0 Å². The molecule has 3 aromatic rings. The number of carbonyl (C=O) groups is 1. The van der Waals surface area contributed by atoms with Crippen molar-refractivity contribution in [2.45, 2.75) is 6.92 Å². The van der Waals surface area contributed by atoms with Gasteiger partial charge >= 0.3 is 0 Å². The summed E-state index contributed by atoms with van der Waals surface area (Å²) in [7, 11) is 1.60. The van der Waals surface area contributed by atoms with Crippen molar-refractivity contribution in [3.05, 3.63) is 47.0 Å². The zero-order chi connectivity index (χ0) is 17.1. The highest BCUT2D eigenvalue weighted by Gasteiger charge is 2.13. The normalized spacial score (nSPS) is 10.6. The zero-order valence-electron chi connectivity index (χ0n) is 13.1. The SMILES string of the molecule is COc1ccc(C)c2sc(NC(=O)COc3ccc(Cl)cc3)nc12. The topological polar surface area (TPSA) is 60.5 Å². The van der Waals surface area contributed by atoms with Gasteiger partial charge < -0.3 is 9.47 Å². The number of hydrogen-bond donors (Lipinski definition) is 1. The fourth-order valence-electron chi connectivity index (χ4n) is 2.16. The molecule has 0 radical (unpaired) electrons. The largest absolute Gasteiger partial charge is 0.494 e. The minimum atomic E-state index is -0.277. The molecule has 1 N–H and O–H groups in total. The lowest BCUT2D eigenvalue weighted by Crippen LogP contribution is -2.19. The Morgan fingerprint density at radius 1 is 1.25 bits per heavy atom. The highest BCUT2D eigenvalue weighted by atomic mass is 35.5. The van der Waals surface area contributed by atoms with Gasteiger partial charge in [0.05, 0.1) is 11.8 Å². The molecule has 0 bridgehead atoms. The second-order valence-corrected chi connectivity index (χ2v) is 6.51. The van der Waals surface area contributed by atoms with Crippen LogP contribution in [0, 0.1) is 6.92 Å². The van der Waals surface area contributed by atoms with Crippen LogP contribution >= 0.6 is 22.9 Å². The number of rotatable bonds is 5. The monoisotopic (exact) mass is 362 g/mol. The molecule has 3 rings (SSSR count). The summed E-state index contributed by atoms with van der Waals surface area (Å²) in [4.78, 5) is 16.5. The lowest BCUT2D eigenvalue weighted by atomic mass is 10.2. The average Bonchev–Trinajstić information content (AvgIpc) is 2.99. The summed E-state index contributed by atoms with van der Waals surface area (Å²) in [6.45, 7) is 1.89. The van der Waals surface area contributed by atoms with E-state index in [0.717, 1.165) is 15.8 Å². The highest BCUT2D eigenvalue weighted by Crippen LogP contribution is 2.34. The number of ether oxygens (including phenoxy) is 2. The van der Waals surface area contributed by atoms with Crippen LogP contribution in [0.5, 0.6) is 11.5 Å². The van der Waals surface area contributed by atoms with Crippen LogP contribution in [-0.4, -0.2) is 24.6 Å². The van der Waals surface area contributed by atoms with Crippen molar-refractivity contribution in [1.29, 1.82) is 0 Å². The van der Waals surface area contributed by atoms with E-state index in [9.17, 15) is 4.79 Å². The third-order valence-electron chi connectivity index (χ3n) is 3.35. The van der Waals surface area contributed by atoms with Gasteiger partial charge in [-0.3, -0.25) is 10.1 Å². The number of amides is 1. The Balaban J connectivity index is 1.69. The lowest BCUT2D eigenvalue weighted by Gasteiger charge is -2.05. The molecule has 0 unspecified atom stereocenters. The Hall–Kier alpha value is -2.31. The number of aromatic nitrogens is 1. The van der Waals surface area contributed by atoms with E-state index in [4.69, 9.17) is 21.1 Å². The van der Waals surface area contributed by atoms with Crippen molar-refractivity contribution in [3.63, 3.8) is 0 Å². The third kappa shape index (κ3) is 3.60. The molecule has 0 saturated heterocycles. The van der Waals surface area contributed by atoms with Crippen molar-refractivity contribution in [3.8, 4) is 11.5 Å². The van der Waals surface area contributed by atoms with E-state index >= 15 is 0 Å². The number of anilines is 1. The Labute approximate surface area is 148 Å². The lowest BCUT2D eigenvalue weighted by molar-refractivity contribution is -0.118. The summed E-state index contributed by atoms with van der Waals surface area (Å²) < 4.78 is 11.7. The summed E-state index contributed by atoms with van der Waals surface area (Å²) in [5.74, 6) is 0.988. The zero-order valence-corrected chi connectivity index (χ0v) is 14.7. The van der Waals surface area contributed by atoms with Crippen molar-refractivity contribution in [2.24, 2.45) is 0 Å². The number of fused-ring (bicyclic) bond motifs is 1. The van der Waals surface area contributed by atoms with E-state index in [1.54, 1.807) is 31.4 Å². The molecule has 124 valence electrons. The number of methoxy groups -OCH3 is 1. The van der Waals surface area contributed by atoms with Gasteiger partial charge in [-0.25, -0.2) is 4.98 Å². The Morgan fingerprint density at radius 2 is 2.00 bits per heavy atom. The van der Waals surface area contributed by atoms with Crippen LogP contribution in [0.4, 0.5) is 5.13 Å². The van der Waals surface area contributed by atoms with E-state index in [1.807, 2.05) is 19.1 Å². The van der Waals surface area contributed by atoms with Gasteiger partial charge in [-0.05, 0) is 42.8 Å². The van der Waals surface area contributed by atoms with Crippen molar-refractivity contribution < 1.29 is 14.3 Å². The molecule has 0 fully saturated rings. The van der Waals surface area contributed by atoms with Crippen molar-refractivity contribution in [2.75, 3.05) is 19.0 Å².